The van der Waals surface area contributed by atoms with E-state index in [1.807, 2.05) is 0 Å². The smallest absolute Gasteiger partial charge is 0.326 e. The predicted octanol–water partition coefficient (Wildman–Crippen LogP) is 2.56. The van der Waals surface area contributed by atoms with Crippen LogP contribution in [0, 0.1) is 5.82 Å². The number of piperidine rings is 1. The summed E-state index contributed by atoms with van der Waals surface area (Å²) in [6.07, 6.45) is 1.96. The van der Waals surface area contributed by atoms with Crippen molar-refractivity contribution >= 4 is 23.5 Å². The fourth-order valence-corrected chi connectivity index (χ4v) is 2.50. The first-order chi connectivity index (χ1) is 9.00. The largest absolute Gasteiger partial charge is 0.480 e. The van der Waals surface area contributed by atoms with Gasteiger partial charge in [-0.05, 0) is 37.5 Å². The molecule has 1 heterocycles. The van der Waals surface area contributed by atoms with Crippen LogP contribution in [-0.4, -0.2) is 34.5 Å². The van der Waals surface area contributed by atoms with E-state index >= 15 is 0 Å². The van der Waals surface area contributed by atoms with Gasteiger partial charge in [-0.2, -0.15) is 0 Å². The highest BCUT2D eigenvalue weighted by atomic mass is 35.5. The van der Waals surface area contributed by atoms with Crippen LogP contribution < -0.4 is 0 Å². The quantitative estimate of drug-likeness (QED) is 0.908. The van der Waals surface area contributed by atoms with Crippen LogP contribution >= 0.6 is 11.6 Å². The minimum absolute atomic E-state index is 0.000266. The Morgan fingerprint density at radius 3 is 2.74 bits per heavy atom. The summed E-state index contributed by atoms with van der Waals surface area (Å²) in [5.41, 5.74) is 0.135. The minimum atomic E-state index is -1.02. The summed E-state index contributed by atoms with van der Waals surface area (Å²) in [4.78, 5) is 24.8. The summed E-state index contributed by atoms with van der Waals surface area (Å²) in [5.74, 6) is -2.02. The van der Waals surface area contributed by atoms with Crippen molar-refractivity contribution in [3.8, 4) is 0 Å². The van der Waals surface area contributed by atoms with Gasteiger partial charge < -0.3 is 10.0 Å². The third-order valence-corrected chi connectivity index (χ3v) is 3.52. The molecule has 1 amide bonds. The number of benzene rings is 1. The minimum Gasteiger partial charge on any atom is -0.480 e. The monoisotopic (exact) mass is 285 g/mol. The molecule has 1 aromatic rings. The molecular weight excluding hydrogens is 273 g/mol. The zero-order valence-corrected chi connectivity index (χ0v) is 10.9. The van der Waals surface area contributed by atoms with Gasteiger partial charge in [-0.15, -0.1) is 0 Å². The van der Waals surface area contributed by atoms with E-state index in [1.165, 1.54) is 11.0 Å². The fraction of sp³-hybridized carbons (Fsp3) is 0.385. The summed E-state index contributed by atoms with van der Waals surface area (Å²) in [6, 6.07) is 2.64. The van der Waals surface area contributed by atoms with E-state index in [0.717, 1.165) is 25.0 Å². The molecule has 0 saturated carbocycles. The van der Waals surface area contributed by atoms with E-state index in [1.54, 1.807) is 0 Å². The molecule has 1 aliphatic heterocycles. The Morgan fingerprint density at radius 1 is 1.37 bits per heavy atom. The molecule has 1 aromatic carbocycles. The van der Waals surface area contributed by atoms with Gasteiger partial charge in [-0.3, -0.25) is 4.79 Å². The number of carbonyl (C=O) groups excluding carboxylic acids is 1. The molecular formula is C13H13ClFNO3. The highest BCUT2D eigenvalue weighted by Crippen LogP contribution is 2.24. The number of carbonyl (C=O) groups is 2. The topological polar surface area (TPSA) is 57.6 Å². The lowest BCUT2D eigenvalue weighted by atomic mass is 10.0. The van der Waals surface area contributed by atoms with E-state index in [4.69, 9.17) is 16.7 Å². The van der Waals surface area contributed by atoms with Crippen LogP contribution in [0.1, 0.15) is 29.6 Å². The number of carboxylic acids is 1. The van der Waals surface area contributed by atoms with E-state index in [2.05, 4.69) is 0 Å². The SMILES string of the molecule is O=C(O)C1CCCCN1C(=O)c1ccc(F)cc1Cl. The summed E-state index contributed by atoms with van der Waals surface area (Å²) >= 11 is 5.84. The Bertz CT molecular complexity index is 521. The normalized spacial score (nSPS) is 19.3. The fourth-order valence-electron chi connectivity index (χ4n) is 2.25. The van der Waals surface area contributed by atoms with E-state index in [-0.39, 0.29) is 10.6 Å². The Morgan fingerprint density at radius 2 is 2.11 bits per heavy atom. The molecule has 0 bridgehead atoms. The van der Waals surface area contributed by atoms with Crippen molar-refractivity contribution in [3.63, 3.8) is 0 Å². The van der Waals surface area contributed by atoms with Gasteiger partial charge in [0, 0.05) is 6.54 Å². The van der Waals surface area contributed by atoms with Crippen molar-refractivity contribution in [2.45, 2.75) is 25.3 Å². The number of halogens is 2. The lowest BCUT2D eigenvalue weighted by Crippen LogP contribution is -2.48. The number of carboxylic acid groups (broad SMARTS) is 1. The molecule has 6 heteroatoms. The average molecular weight is 286 g/mol. The first kappa shape index (κ1) is 13.8. The Labute approximate surface area is 114 Å². The highest BCUT2D eigenvalue weighted by molar-refractivity contribution is 6.33. The van der Waals surface area contributed by atoms with Crippen LogP contribution in [0.15, 0.2) is 18.2 Å². The van der Waals surface area contributed by atoms with E-state index in [0.29, 0.717) is 13.0 Å². The van der Waals surface area contributed by atoms with Crippen LogP contribution in [0.2, 0.25) is 5.02 Å². The summed E-state index contributed by atoms with van der Waals surface area (Å²) in [6.45, 7) is 0.378. The van der Waals surface area contributed by atoms with Crippen molar-refractivity contribution in [1.82, 2.24) is 4.90 Å². The Balaban J connectivity index is 2.28. The number of hydrogen-bond donors (Lipinski definition) is 1. The lowest BCUT2D eigenvalue weighted by molar-refractivity contribution is -0.143. The number of hydrogen-bond acceptors (Lipinski definition) is 2. The van der Waals surface area contributed by atoms with Crippen LogP contribution in [-0.2, 0) is 4.79 Å². The lowest BCUT2D eigenvalue weighted by Gasteiger charge is -2.33. The number of amides is 1. The number of aliphatic carboxylic acids is 1. The zero-order chi connectivity index (χ0) is 14.0. The number of likely N-dealkylation sites (tertiary alicyclic amines) is 1. The molecule has 0 aliphatic carbocycles. The third kappa shape index (κ3) is 2.87. The maximum absolute atomic E-state index is 13.0. The van der Waals surface area contributed by atoms with Crippen molar-refractivity contribution in [2.24, 2.45) is 0 Å². The van der Waals surface area contributed by atoms with Gasteiger partial charge in [-0.1, -0.05) is 11.6 Å². The van der Waals surface area contributed by atoms with Gasteiger partial charge in [0.1, 0.15) is 11.9 Å². The van der Waals surface area contributed by atoms with Crippen LogP contribution in [0.25, 0.3) is 0 Å². The van der Waals surface area contributed by atoms with Gasteiger partial charge in [-0.25, -0.2) is 9.18 Å². The van der Waals surface area contributed by atoms with Crippen LogP contribution in [0.4, 0.5) is 4.39 Å². The molecule has 1 fully saturated rings. The second kappa shape index (κ2) is 5.57. The summed E-state index contributed by atoms with van der Waals surface area (Å²) in [5, 5.41) is 9.13. The standard InChI is InChI=1S/C13H13ClFNO3/c14-10-7-8(15)4-5-9(10)12(17)16-6-2-1-3-11(16)13(18)19/h4-5,7,11H,1-3,6H2,(H,18,19). The summed E-state index contributed by atoms with van der Waals surface area (Å²) < 4.78 is 13.0. The third-order valence-electron chi connectivity index (χ3n) is 3.21. The number of nitrogens with zero attached hydrogens (tertiary/aromatic N) is 1. The van der Waals surface area contributed by atoms with Crippen molar-refractivity contribution in [3.05, 3.63) is 34.6 Å². The van der Waals surface area contributed by atoms with Gasteiger partial charge in [0.25, 0.3) is 5.91 Å². The van der Waals surface area contributed by atoms with Crippen LogP contribution in [0.5, 0.6) is 0 Å². The van der Waals surface area contributed by atoms with Gasteiger partial charge in [0.2, 0.25) is 0 Å². The van der Waals surface area contributed by atoms with Gasteiger partial charge >= 0.3 is 5.97 Å². The maximum Gasteiger partial charge on any atom is 0.326 e. The van der Waals surface area contributed by atoms with Crippen molar-refractivity contribution in [1.29, 1.82) is 0 Å². The molecule has 0 radical (unpaired) electrons. The molecule has 2 rings (SSSR count). The van der Waals surface area contributed by atoms with E-state index in [9.17, 15) is 14.0 Å². The predicted molar refractivity (Wildman–Crippen MR) is 67.7 cm³/mol. The van der Waals surface area contributed by atoms with Crippen LogP contribution in [0.3, 0.4) is 0 Å². The Kier molecular flexibility index (Phi) is 4.04. The molecule has 1 atom stereocenters. The molecule has 4 nitrogen and oxygen atoms in total. The first-order valence-corrected chi connectivity index (χ1v) is 6.37. The average Bonchev–Trinajstić information content (AvgIpc) is 2.38. The molecule has 1 unspecified atom stereocenters. The highest BCUT2D eigenvalue weighted by Gasteiger charge is 2.33. The number of rotatable bonds is 2. The molecule has 1 saturated heterocycles. The van der Waals surface area contributed by atoms with Crippen molar-refractivity contribution < 1.29 is 19.1 Å². The van der Waals surface area contributed by atoms with Crippen molar-refractivity contribution in [2.75, 3.05) is 6.54 Å². The van der Waals surface area contributed by atoms with Gasteiger partial charge in [0.15, 0.2) is 0 Å². The molecule has 1 aliphatic rings. The first-order valence-electron chi connectivity index (χ1n) is 5.99. The molecule has 1 N–H and O–H groups in total. The molecule has 102 valence electrons. The molecule has 19 heavy (non-hydrogen) atoms. The van der Waals surface area contributed by atoms with E-state index < -0.39 is 23.7 Å². The maximum atomic E-state index is 13.0. The molecule has 0 spiro atoms. The Hall–Kier alpha value is -1.62. The summed E-state index contributed by atoms with van der Waals surface area (Å²) in [7, 11) is 0. The second-order valence-corrected chi connectivity index (χ2v) is 4.88. The zero-order valence-electron chi connectivity index (χ0n) is 10.1. The van der Waals surface area contributed by atoms with Gasteiger partial charge in [0.05, 0.1) is 10.6 Å². The second-order valence-electron chi connectivity index (χ2n) is 4.47. The molecule has 0 aromatic heterocycles.